The zero-order valence-electron chi connectivity index (χ0n) is 10.8. The lowest BCUT2D eigenvalue weighted by molar-refractivity contribution is 0.0111. The Balaban J connectivity index is 1.67. The quantitative estimate of drug-likeness (QED) is 0.863. The number of piperidine rings is 1. The predicted octanol–water partition coefficient (Wildman–Crippen LogP) is 1.72. The smallest absolute Gasteiger partial charge is 0.0954 e. The Morgan fingerprint density at radius 1 is 1.22 bits per heavy atom. The Morgan fingerprint density at radius 3 is 2.83 bits per heavy atom. The maximum atomic E-state index is 5.96. The molecule has 3 rings (SSSR count). The van der Waals surface area contributed by atoms with Crippen molar-refractivity contribution in [3.8, 4) is 0 Å². The molecule has 1 unspecified atom stereocenters. The maximum Gasteiger partial charge on any atom is 0.0954 e. The lowest BCUT2D eigenvalue weighted by Gasteiger charge is -2.35. The number of hydrogen-bond acceptors (Lipinski definition) is 3. The molecule has 2 aliphatic rings. The molecule has 0 amide bonds. The van der Waals surface area contributed by atoms with Gasteiger partial charge in [0.1, 0.15) is 0 Å². The number of nitrogens with two attached hydrogens (primary N) is 1. The minimum atomic E-state index is 0.254. The molecule has 0 radical (unpaired) electrons. The van der Waals surface area contributed by atoms with E-state index in [2.05, 4.69) is 29.2 Å². The summed E-state index contributed by atoms with van der Waals surface area (Å²) in [7, 11) is 0. The fourth-order valence-electron chi connectivity index (χ4n) is 3.00. The lowest BCUT2D eigenvalue weighted by Crippen LogP contribution is -2.42. The molecular weight excluding hydrogens is 224 g/mol. The molecule has 1 fully saturated rings. The lowest BCUT2D eigenvalue weighted by atomic mass is 9.96. The van der Waals surface area contributed by atoms with E-state index in [-0.39, 0.29) is 6.10 Å². The van der Waals surface area contributed by atoms with E-state index >= 15 is 0 Å². The van der Waals surface area contributed by atoms with Gasteiger partial charge in [-0.1, -0.05) is 24.3 Å². The van der Waals surface area contributed by atoms with Gasteiger partial charge in [-0.2, -0.15) is 0 Å². The van der Waals surface area contributed by atoms with Crippen LogP contribution in [0.4, 0.5) is 0 Å². The third-order valence-corrected chi connectivity index (χ3v) is 4.15. The Labute approximate surface area is 109 Å². The molecule has 3 nitrogen and oxygen atoms in total. The molecule has 1 atom stereocenters. The second-order valence-electron chi connectivity index (χ2n) is 5.45. The van der Waals surface area contributed by atoms with Gasteiger partial charge in [0.15, 0.2) is 0 Å². The van der Waals surface area contributed by atoms with Crippen molar-refractivity contribution >= 4 is 0 Å². The third-order valence-electron chi connectivity index (χ3n) is 4.15. The summed E-state index contributed by atoms with van der Waals surface area (Å²) >= 11 is 0. The van der Waals surface area contributed by atoms with Gasteiger partial charge >= 0.3 is 0 Å². The summed E-state index contributed by atoms with van der Waals surface area (Å²) in [4.78, 5) is 2.50. The maximum absolute atomic E-state index is 5.96. The first-order valence-corrected chi connectivity index (χ1v) is 7.00. The normalized spacial score (nSPS) is 25.9. The van der Waals surface area contributed by atoms with Crippen molar-refractivity contribution in [1.29, 1.82) is 0 Å². The molecule has 1 aromatic carbocycles. The molecule has 0 saturated carbocycles. The van der Waals surface area contributed by atoms with Crippen molar-refractivity contribution in [2.75, 3.05) is 26.2 Å². The van der Waals surface area contributed by atoms with Crippen LogP contribution in [0.5, 0.6) is 0 Å². The van der Waals surface area contributed by atoms with Gasteiger partial charge in [0.05, 0.1) is 12.7 Å². The van der Waals surface area contributed by atoms with Gasteiger partial charge < -0.3 is 15.4 Å². The Kier molecular flexibility index (Phi) is 3.64. The summed E-state index contributed by atoms with van der Waals surface area (Å²) in [6.45, 7) is 4.10. The van der Waals surface area contributed by atoms with E-state index in [1.165, 1.54) is 11.1 Å². The molecule has 0 spiro atoms. The summed E-state index contributed by atoms with van der Waals surface area (Å²) in [6.07, 6.45) is 3.55. The van der Waals surface area contributed by atoms with E-state index in [9.17, 15) is 0 Å². The average Bonchev–Trinajstić information content (AvgIpc) is 2.42. The summed E-state index contributed by atoms with van der Waals surface area (Å²) in [6, 6.07) is 9.10. The van der Waals surface area contributed by atoms with Crippen LogP contribution in [0.3, 0.4) is 0 Å². The van der Waals surface area contributed by atoms with E-state index in [0.717, 1.165) is 45.5 Å². The van der Waals surface area contributed by atoms with Crippen molar-refractivity contribution < 1.29 is 4.74 Å². The molecule has 3 heteroatoms. The van der Waals surface area contributed by atoms with Crippen LogP contribution in [0.2, 0.25) is 0 Å². The summed E-state index contributed by atoms with van der Waals surface area (Å²) in [5.41, 5.74) is 8.80. The van der Waals surface area contributed by atoms with Crippen molar-refractivity contribution in [3.63, 3.8) is 0 Å². The van der Waals surface area contributed by atoms with Crippen LogP contribution in [0.25, 0.3) is 0 Å². The Morgan fingerprint density at radius 2 is 2.00 bits per heavy atom. The van der Waals surface area contributed by atoms with Gasteiger partial charge in [0.25, 0.3) is 0 Å². The zero-order valence-corrected chi connectivity index (χ0v) is 10.8. The number of likely N-dealkylation sites (tertiary alicyclic amines) is 1. The van der Waals surface area contributed by atoms with Crippen LogP contribution in [-0.4, -0.2) is 37.2 Å². The minimum absolute atomic E-state index is 0.254. The summed E-state index contributed by atoms with van der Waals surface area (Å²) < 4.78 is 5.96. The highest BCUT2D eigenvalue weighted by Crippen LogP contribution is 2.28. The van der Waals surface area contributed by atoms with E-state index in [4.69, 9.17) is 10.5 Å². The monoisotopic (exact) mass is 246 g/mol. The fraction of sp³-hybridized carbons (Fsp3) is 0.600. The highest BCUT2D eigenvalue weighted by Gasteiger charge is 2.24. The Hall–Kier alpha value is -0.900. The first-order chi connectivity index (χ1) is 8.83. The number of fused-ring (bicyclic) bond motifs is 1. The van der Waals surface area contributed by atoms with Crippen LogP contribution in [0.1, 0.15) is 30.1 Å². The average molecular weight is 246 g/mol. The summed E-state index contributed by atoms with van der Waals surface area (Å²) in [5.74, 6) is 0. The molecule has 2 heterocycles. The van der Waals surface area contributed by atoms with Gasteiger partial charge in [-0.3, -0.25) is 0 Å². The predicted molar refractivity (Wildman–Crippen MR) is 72.5 cm³/mol. The minimum Gasteiger partial charge on any atom is -0.372 e. The van der Waals surface area contributed by atoms with E-state index in [0.29, 0.717) is 6.04 Å². The van der Waals surface area contributed by atoms with Gasteiger partial charge in [-0.25, -0.2) is 0 Å². The molecular formula is C15H22N2O. The number of benzene rings is 1. The second kappa shape index (κ2) is 5.39. The first kappa shape index (κ1) is 12.2. The van der Waals surface area contributed by atoms with E-state index in [1.807, 2.05) is 0 Å². The van der Waals surface area contributed by atoms with Crippen molar-refractivity contribution in [1.82, 2.24) is 4.90 Å². The topological polar surface area (TPSA) is 38.5 Å². The van der Waals surface area contributed by atoms with Crippen molar-refractivity contribution in [2.45, 2.75) is 31.4 Å². The molecule has 0 aliphatic carbocycles. The number of ether oxygens (including phenoxy) is 1. The van der Waals surface area contributed by atoms with Crippen LogP contribution in [-0.2, 0) is 11.2 Å². The highest BCUT2D eigenvalue weighted by atomic mass is 16.5. The number of rotatable bonds is 2. The first-order valence-electron chi connectivity index (χ1n) is 7.00. The largest absolute Gasteiger partial charge is 0.372 e. The molecule has 98 valence electrons. The van der Waals surface area contributed by atoms with Crippen LogP contribution >= 0.6 is 0 Å². The number of hydrogen-bond donors (Lipinski definition) is 1. The summed E-state index contributed by atoms with van der Waals surface area (Å²) in [5, 5.41) is 0. The van der Waals surface area contributed by atoms with Gasteiger partial charge in [0, 0.05) is 12.6 Å². The second-order valence-corrected chi connectivity index (χ2v) is 5.45. The van der Waals surface area contributed by atoms with Crippen LogP contribution < -0.4 is 5.73 Å². The number of nitrogens with zero attached hydrogens (tertiary/aromatic N) is 1. The van der Waals surface area contributed by atoms with E-state index in [1.54, 1.807) is 0 Å². The molecule has 2 aliphatic heterocycles. The molecule has 0 bridgehead atoms. The van der Waals surface area contributed by atoms with Crippen molar-refractivity contribution in [2.24, 2.45) is 5.73 Å². The Bertz CT molecular complexity index is 399. The molecule has 1 aromatic rings. The SMILES string of the molecule is NC1CCN(CC2OCCc3ccccc32)CC1. The standard InChI is InChI=1S/C15H22N2O/c16-13-5-8-17(9-6-13)11-15-14-4-2-1-3-12(14)7-10-18-15/h1-4,13,15H,5-11,16H2. The third kappa shape index (κ3) is 2.58. The highest BCUT2D eigenvalue weighted by molar-refractivity contribution is 5.31. The van der Waals surface area contributed by atoms with Gasteiger partial charge in [0.2, 0.25) is 0 Å². The molecule has 18 heavy (non-hydrogen) atoms. The van der Waals surface area contributed by atoms with Gasteiger partial charge in [-0.05, 0) is 43.5 Å². The molecule has 1 saturated heterocycles. The van der Waals surface area contributed by atoms with Crippen molar-refractivity contribution in [3.05, 3.63) is 35.4 Å². The molecule has 2 N–H and O–H groups in total. The fourth-order valence-corrected chi connectivity index (χ4v) is 3.00. The zero-order chi connectivity index (χ0) is 12.4. The van der Waals surface area contributed by atoms with Crippen LogP contribution in [0, 0.1) is 0 Å². The molecule has 0 aromatic heterocycles. The van der Waals surface area contributed by atoms with E-state index < -0.39 is 0 Å². The van der Waals surface area contributed by atoms with Gasteiger partial charge in [-0.15, -0.1) is 0 Å². The van der Waals surface area contributed by atoms with Crippen LogP contribution in [0.15, 0.2) is 24.3 Å².